The molecule has 206 valence electrons. The van der Waals surface area contributed by atoms with Crippen LogP contribution in [0.1, 0.15) is 48.4 Å². The lowest BCUT2D eigenvalue weighted by Crippen LogP contribution is -2.73. The molecule has 2 aliphatic heterocycles. The van der Waals surface area contributed by atoms with E-state index in [1.165, 1.54) is 23.8 Å². The van der Waals surface area contributed by atoms with Crippen LogP contribution in [0.25, 0.3) is 6.08 Å². The number of aromatic hydroxyl groups is 1. The zero-order valence-electron chi connectivity index (χ0n) is 22.2. The van der Waals surface area contributed by atoms with Gasteiger partial charge in [0.15, 0.2) is 11.5 Å². The minimum atomic E-state index is -4.45. The summed E-state index contributed by atoms with van der Waals surface area (Å²) in [5.74, 6) is 0.383. The molecule has 39 heavy (non-hydrogen) atoms. The number of rotatable bonds is 5. The summed E-state index contributed by atoms with van der Waals surface area (Å²) in [6.07, 6.45) is 3.28. The summed E-state index contributed by atoms with van der Waals surface area (Å²) in [6.45, 7) is 8.00. The number of piperidine rings is 1. The second-order valence-corrected chi connectivity index (χ2v) is 11.6. The maximum atomic E-state index is 13.4. The summed E-state index contributed by atoms with van der Waals surface area (Å²) in [7, 11) is 1.74. The molecule has 0 radical (unpaired) electrons. The number of benzene rings is 2. The number of hydrogen-bond acceptors (Lipinski definition) is 4. The number of likely N-dealkylation sites (N-methyl/N-ethyl adjacent to an activating group) is 1. The number of ether oxygens (including phenoxy) is 1. The van der Waals surface area contributed by atoms with E-state index in [1.807, 2.05) is 12.1 Å². The van der Waals surface area contributed by atoms with Crippen LogP contribution in [-0.4, -0.2) is 59.1 Å². The van der Waals surface area contributed by atoms with Gasteiger partial charge in [0.2, 0.25) is 5.91 Å². The van der Waals surface area contributed by atoms with E-state index in [0.717, 1.165) is 56.5 Å². The van der Waals surface area contributed by atoms with Gasteiger partial charge in [0, 0.05) is 36.7 Å². The van der Waals surface area contributed by atoms with Gasteiger partial charge in [0.1, 0.15) is 6.10 Å². The molecule has 4 aliphatic rings. The topological polar surface area (TPSA) is 53.0 Å². The fraction of sp³-hybridized carbons (Fsp3) is 0.452. The van der Waals surface area contributed by atoms with Gasteiger partial charge in [-0.05, 0) is 73.0 Å². The van der Waals surface area contributed by atoms with Gasteiger partial charge in [-0.25, -0.2) is 0 Å². The van der Waals surface area contributed by atoms with Crippen LogP contribution in [0.5, 0.6) is 11.5 Å². The molecular formula is C31H33F3N2O3. The van der Waals surface area contributed by atoms with E-state index in [0.29, 0.717) is 17.4 Å². The number of nitrogens with zero attached hydrogens (tertiary/aromatic N) is 2. The zero-order valence-corrected chi connectivity index (χ0v) is 22.2. The van der Waals surface area contributed by atoms with E-state index in [2.05, 4.69) is 18.4 Å². The Morgan fingerprint density at radius 2 is 2.08 bits per heavy atom. The minimum Gasteiger partial charge on any atom is -0.504 e. The zero-order chi connectivity index (χ0) is 27.7. The minimum absolute atomic E-state index is 0.112. The highest BCUT2D eigenvalue weighted by Crippen LogP contribution is 2.69. The van der Waals surface area contributed by atoms with Crippen LogP contribution in [-0.2, 0) is 22.8 Å². The maximum Gasteiger partial charge on any atom is 0.416 e. The van der Waals surface area contributed by atoms with Crippen LogP contribution < -0.4 is 4.74 Å². The summed E-state index contributed by atoms with van der Waals surface area (Å²) in [5, 5.41) is 10.8. The largest absolute Gasteiger partial charge is 0.504 e. The number of alkyl halides is 3. The summed E-state index contributed by atoms with van der Waals surface area (Å²) in [6, 6.07) is 8.70. The summed E-state index contributed by atoms with van der Waals surface area (Å²) < 4.78 is 46.0. The number of phenolic OH excluding ortho intramolecular Hbond substituents is 1. The first-order valence-corrected chi connectivity index (χ1v) is 13.5. The normalized spacial score (nSPS) is 31.1. The van der Waals surface area contributed by atoms with Crippen molar-refractivity contribution in [2.45, 2.75) is 62.4 Å². The summed E-state index contributed by atoms with van der Waals surface area (Å²) in [4.78, 5) is 17.6. The number of likely N-dealkylation sites (tertiary alicyclic amines) is 1. The molecule has 1 saturated heterocycles. The van der Waals surface area contributed by atoms with Crippen molar-refractivity contribution in [1.82, 2.24) is 9.80 Å². The molecule has 2 unspecified atom stereocenters. The van der Waals surface area contributed by atoms with Crippen LogP contribution in [0.3, 0.4) is 0 Å². The quantitative estimate of drug-likeness (QED) is 0.400. The third-order valence-corrected chi connectivity index (χ3v) is 9.95. The van der Waals surface area contributed by atoms with E-state index in [1.54, 1.807) is 24.1 Å². The Morgan fingerprint density at radius 3 is 2.82 bits per heavy atom. The van der Waals surface area contributed by atoms with E-state index < -0.39 is 11.7 Å². The van der Waals surface area contributed by atoms with Crippen molar-refractivity contribution < 1.29 is 27.8 Å². The standard InChI is InChI=1S/C31H33F3N2O3/c1-4-15-36-16-14-30-26-20-9-10-23(37)27(26)39-28(30)22(12-13-29(30,2)24(36)18-20)35(3)25(38)11-8-19-6-5-7-21(17-19)31(32,33)34/h4-11,17,22,24,28,37H,1,12-16,18H2,2-3H3/b11-8+/t22?,24-,28?,29+,30+/m1/s1. The summed E-state index contributed by atoms with van der Waals surface area (Å²) in [5.41, 5.74) is 1.40. The number of amides is 1. The molecule has 1 amide bonds. The highest BCUT2D eigenvalue weighted by molar-refractivity contribution is 5.92. The smallest absolute Gasteiger partial charge is 0.416 e. The number of carbonyl (C=O) groups excluding carboxylic acids is 1. The Morgan fingerprint density at radius 1 is 1.28 bits per heavy atom. The van der Waals surface area contributed by atoms with Crippen molar-refractivity contribution in [3.63, 3.8) is 0 Å². The van der Waals surface area contributed by atoms with Crippen molar-refractivity contribution in [3.05, 3.63) is 77.4 Å². The predicted octanol–water partition coefficient (Wildman–Crippen LogP) is 5.57. The van der Waals surface area contributed by atoms with Gasteiger partial charge < -0.3 is 14.7 Å². The third-order valence-electron chi connectivity index (χ3n) is 9.95. The number of carbonyl (C=O) groups is 1. The molecular weight excluding hydrogens is 505 g/mol. The van der Waals surface area contributed by atoms with Gasteiger partial charge in [-0.3, -0.25) is 9.69 Å². The molecule has 5 nitrogen and oxygen atoms in total. The molecule has 2 aliphatic carbocycles. The molecule has 2 aromatic rings. The van der Waals surface area contributed by atoms with Crippen LogP contribution >= 0.6 is 0 Å². The summed E-state index contributed by atoms with van der Waals surface area (Å²) >= 11 is 0. The van der Waals surface area contributed by atoms with E-state index in [9.17, 15) is 23.1 Å². The fourth-order valence-corrected chi connectivity index (χ4v) is 8.11. The molecule has 6 rings (SSSR count). The van der Waals surface area contributed by atoms with Crippen LogP contribution in [0, 0.1) is 5.41 Å². The lowest BCUT2D eigenvalue weighted by atomic mass is 9.43. The maximum absolute atomic E-state index is 13.4. The lowest BCUT2D eigenvalue weighted by Gasteiger charge is -2.66. The Hall–Kier alpha value is -3.26. The highest BCUT2D eigenvalue weighted by atomic mass is 19.4. The molecule has 1 spiro atoms. The highest BCUT2D eigenvalue weighted by Gasteiger charge is 2.71. The van der Waals surface area contributed by atoms with Crippen LogP contribution in [0.15, 0.2) is 55.1 Å². The third kappa shape index (κ3) is 3.67. The van der Waals surface area contributed by atoms with Crippen LogP contribution in [0.4, 0.5) is 13.2 Å². The Bertz CT molecular complexity index is 1370. The number of phenols is 1. The molecule has 1 N–H and O–H groups in total. The Labute approximate surface area is 226 Å². The second-order valence-electron chi connectivity index (χ2n) is 11.6. The lowest BCUT2D eigenvalue weighted by molar-refractivity contribution is -0.149. The van der Waals surface area contributed by atoms with Crippen molar-refractivity contribution in [1.29, 1.82) is 0 Å². The first kappa shape index (κ1) is 26.0. The van der Waals surface area contributed by atoms with Gasteiger partial charge in [-0.15, -0.1) is 6.58 Å². The first-order chi connectivity index (χ1) is 18.5. The SMILES string of the molecule is C=CCN1CC[C@]23c4c5ccc(O)c4OC2C(N(C)C(=O)/C=C/c2cccc(C(F)(F)F)c2)CC[C@@]3(C)[C@H]1C5. The fourth-order valence-electron chi connectivity index (χ4n) is 8.11. The molecule has 2 fully saturated rings. The molecule has 5 atom stereocenters. The van der Waals surface area contributed by atoms with Gasteiger partial charge in [-0.2, -0.15) is 13.2 Å². The van der Waals surface area contributed by atoms with Gasteiger partial charge in [-0.1, -0.05) is 31.2 Å². The van der Waals surface area contributed by atoms with E-state index >= 15 is 0 Å². The molecule has 2 heterocycles. The molecule has 2 aromatic carbocycles. The van der Waals surface area contributed by atoms with Crippen molar-refractivity contribution in [2.75, 3.05) is 20.1 Å². The monoisotopic (exact) mass is 538 g/mol. The van der Waals surface area contributed by atoms with Gasteiger partial charge in [0.25, 0.3) is 0 Å². The average molecular weight is 539 g/mol. The molecule has 1 saturated carbocycles. The molecule has 0 aromatic heterocycles. The Balaban J connectivity index is 1.34. The predicted molar refractivity (Wildman–Crippen MR) is 142 cm³/mol. The van der Waals surface area contributed by atoms with Crippen molar-refractivity contribution in [2.24, 2.45) is 5.41 Å². The van der Waals surface area contributed by atoms with Gasteiger partial charge >= 0.3 is 6.18 Å². The molecule has 8 heteroatoms. The average Bonchev–Trinajstić information content (AvgIpc) is 3.25. The van der Waals surface area contributed by atoms with Crippen LogP contribution in [0.2, 0.25) is 0 Å². The van der Waals surface area contributed by atoms with E-state index in [-0.39, 0.29) is 34.6 Å². The first-order valence-electron chi connectivity index (χ1n) is 13.5. The van der Waals surface area contributed by atoms with E-state index in [4.69, 9.17) is 4.74 Å². The number of halogens is 3. The second kappa shape index (κ2) is 8.88. The van der Waals surface area contributed by atoms with Gasteiger partial charge in [0.05, 0.1) is 11.6 Å². The van der Waals surface area contributed by atoms with Crippen molar-refractivity contribution in [3.8, 4) is 11.5 Å². The molecule has 2 bridgehead atoms. The Kier molecular flexibility index (Phi) is 5.92. The van der Waals surface area contributed by atoms with Crippen molar-refractivity contribution >= 4 is 12.0 Å². The number of hydrogen-bond donors (Lipinski definition) is 1.